The summed E-state index contributed by atoms with van der Waals surface area (Å²) in [6, 6.07) is 1.22. The number of aromatic nitrogens is 3. The molecule has 0 radical (unpaired) electrons. The molecule has 0 amide bonds. The van der Waals surface area contributed by atoms with Crippen LogP contribution in [-0.2, 0) is 12.8 Å². The highest BCUT2D eigenvalue weighted by molar-refractivity contribution is 5.57. The van der Waals surface area contributed by atoms with Gasteiger partial charge in [0.05, 0.1) is 18.5 Å². The Labute approximate surface area is 104 Å². The summed E-state index contributed by atoms with van der Waals surface area (Å²) < 4.78 is 49.9. The molecule has 4 nitrogen and oxygen atoms in total. The molecule has 0 aliphatic rings. The first-order valence-electron chi connectivity index (χ1n) is 5.06. The van der Waals surface area contributed by atoms with Crippen LogP contribution < -0.4 is 0 Å². The first-order valence-corrected chi connectivity index (χ1v) is 5.06. The summed E-state index contributed by atoms with van der Waals surface area (Å²) in [4.78, 5) is 10.0. The van der Waals surface area contributed by atoms with Crippen LogP contribution in [-0.4, -0.2) is 20.1 Å². The number of pyridine rings is 1. The van der Waals surface area contributed by atoms with E-state index in [2.05, 4.69) is 15.0 Å². The molecule has 8 heteroatoms. The van der Waals surface area contributed by atoms with Crippen LogP contribution in [0.5, 0.6) is 0 Å². The normalized spacial score (nSPS) is 11.6. The van der Waals surface area contributed by atoms with E-state index in [1.165, 1.54) is 6.07 Å². The molecule has 2 heterocycles. The van der Waals surface area contributed by atoms with Crippen LogP contribution in [0.15, 0.2) is 24.7 Å². The van der Waals surface area contributed by atoms with E-state index >= 15 is 0 Å². The maximum absolute atomic E-state index is 13.1. The van der Waals surface area contributed by atoms with Crippen LogP contribution in [0.4, 0.5) is 17.6 Å². The molecule has 0 spiro atoms. The van der Waals surface area contributed by atoms with E-state index in [1.807, 2.05) is 0 Å². The first-order chi connectivity index (χ1) is 8.91. The average molecular weight is 273 g/mol. The van der Waals surface area contributed by atoms with E-state index in [0.29, 0.717) is 0 Å². The first kappa shape index (κ1) is 13.3. The highest BCUT2D eigenvalue weighted by atomic mass is 19.4. The van der Waals surface area contributed by atoms with Gasteiger partial charge in [0, 0.05) is 23.5 Å². The number of hydrogen-bond acceptors (Lipinski definition) is 4. The minimum atomic E-state index is -4.62. The Balaban J connectivity index is 2.37. The number of rotatable bonds is 2. The Morgan fingerprint density at radius 2 is 1.68 bits per heavy atom. The molecule has 2 rings (SSSR count). The quantitative estimate of drug-likeness (QED) is 0.852. The molecular formula is C11H7F4N3O. The maximum atomic E-state index is 13.1. The van der Waals surface area contributed by atoms with E-state index in [1.54, 1.807) is 0 Å². The highest BCUT2D eigenvalue weighted by Gasteiger charge is 2.34. The molecule has 0 unspecified atom stereocenters. The molecule has 0 bridgehead atoms. The van der Waals surface area contributed by atoms with E-state index in [0.717, 1.165) is 18.6 Å². The maximum Gasteiger partial charge on any atom is 0.451 e. The third kappa shape index (κ3) is 2.84. The van der Waals surface area contributed by atoms with E-state index in [4.69, 9.17) is 5.11 Å². The topological polar surface area (TPSA) is 58.9 Å². The van der Waals surface area contributed by atoms with Crippen molar-refractivity contribution >= 4 is 0 Å². The summed E-state index contributed by atoms with van der Waals surface area (Å²) in [5.74, 6) is -1.96. The van der Waals surface area contributed by atoms with Gasteiger partial charge in [-0.2, -0.15) is 13.2 Å². The molecule has 0 saturated heterocycles. The number of aliphatic hydroxyl groups excluding tert-OH is 1. The number of alkyl halides is 3. The zero-order valence-electron chi connectivity index (χ0n) is 9.32. The monoisotopic (exact) mass is 273 g/mol. The van der Waals surface area contributed by atoms with Crippen molar-refractivity contribution in [1.29, 1.82) is 0 Å². The zero-order valence-corrected chi connectivity index (χ0v) is 9.32. The smallest absolute Gasteiger partial charge is 0.392 e. The number of halogens is 4. The molecule has 19 heavy (non-hydrogen) atoms. The summed E-state index contributed by atoms with van der Waals surface area (Å²) in [6.07, 6.45) is -1.86. The van der Waals surface area contributed by atoms with Crippen molar-refractivity contribution in [3.63, 3.8) is 0 Å². The van der Waals surface area contributed by atoms with Crippen LogP contribution in [0.1, 0.15) is 11.4 Å². The van der Waals surface area contributed by atoms with Crippen molar-refractivity contribution < 1.29 is 22.7 Å². The van der Waals surface area contributed by atoms with E-state index < -0.39 is 24.4 Å². The lowest BCUT2D eigenvalue weighted by Gasteiger charge is -2.06. The predicted octanol–water partition coefficient (Wildman–Crippen LogP) is 2.19. The summed E-state index contributed by atoms with van der Waals surface area (Å²) in [6.45, 7) is -0.539. The molecule has 0 aliphatic heterocycles. The summed E-state index contributed by atoms with van der Waals surface area (Å²) in [5, 5.41) is 8.89. The highest BCUT2D eigenvalue weighted by Crippen LogP contribution is 2.26. The van der Waals surface area contributed by atoms with Crippen molar-refractivity contribution in [3.05, 3.63) is 41.9 Å². The van der Waals surface area contributed by atoms with Crippen LogP contribution in [0.25, 0.3) is 11.3 Å². The van der Waals surface area contributed by atoms with Gasteiger partial charge in [-0.25, -0.2) is 14.4 Å². The third-order valence-electron chi connectivity index (χ3n) is 2.31. The lowest BCUT2D eigenvalue weighted by atomic mass is 10.1. The Kier molecular flexibility index (Phi) is 3.43. The second-order valence-electron chi connectivity index (χ2n) is 3.61. The van der Waals surface area contributed by atoms with Crippen LogP contribution in [0, 0.1) is 5.82 Å². The van der Waals surface area contributed by atoms with Crippen LogP contribution in [0.2, 0.25) is 0 Å². The van der Waals surface area contributed by atoms with Crippen molar-refractivity contribution in [2.75, 3.05) is 0 Å². The van der Waals surface area contributed by atoms with Crippen molar-refractivity contribution in [2.45, 2.75) is 12.8 Å². The van der Waals surface area contributed by atoms with Crippen molar-refractivity contribution in [1.82, 2.24) is 15.0 Å². The second kappa shape index (κ2) is 4.88. The van der Waals surface area contributed by atoms with Crippen LogP contribution in [0.3, 0.4) is 0 Å². The van der Waals surface area contributed by atoms with Gasteiger partial charge in [0.15, 0.2) is 0 Å². The van der Waals surface area contributed by atoms with E-state index in [9.17, 15) is 17.6 Å². The Morgan fingerprint density at radius 1 is 1.05 bits per heavy atom. The van der Waals surface area contributed by atoms with Gasteiger partial charge in [0.25, 0.3) is 0 Å². The molecule has 1 N–H and O–H groups in total. The molecule has 0 atom stereocenters. The second-order valence-corrected chi connectivity index (χ2v) is 3.61. The van der Waals surface area contributed by atoms with Gasteiger partial charge in [-0.1, -0.05) is 0 Å². The zero-order chi connectivity index (χ0) is 14.0. The molecule has 2 aromatic heterocycles. The Hall–Kier alpha value is -2.09. The fourth-order valence-corrected chi connectivity index (χ4v) is 1.37. The fourth-order valence-electron chi connectivity index (χ4n) is 1.37. The fraction of sp³-hybridized carbons (Fsp3) is 0.182. The minimum Gasteiger partial charge on any atom is -0.392 e. The van der Waals surface area contributed by atoms with Gasteiger partial charge < -0.3 is 5.11 Å². The molecular weight excluding hydrogens is 266 g/mol. The standard InChI is InChI=1S/C11H7F4N3O/c12-8-4-16-9(1-6(8)5-19)7-2-17-10(18-3-7)11(13,14)15/h1-4,19H,5H2. The molecule has 100 valence electrons. The largest absolute Gasteiger partial charge is 0.451 e. The third-order valence-corrected chi connectivity index (χ3v) is 2.31. The Bertz CT molecular complexity index is 583. The minimum absolute atomic E-state index is 0.00935. The lowest BCUT2D eigenvalue weighted by Crippen LogP contribution is -2.10. The number of hydrogen-bond donors (Lipinski definition) is 1. The van der Waals surface area contributed by atoms with Gasteiger partial charge in [-0.15, -0.1) is 0 Å². The molecule has 0 aromatic carbocycles. The van der Waals surface area contributed by atoms with Gasteiger partial charge in [-0.05, 0) is 6.07 Å². The van der Waals surface area contributed by atoms with E-state index in [-0.39, 0.29) is 16.8 Å². The SMILES string of the molecule is OCc1cc(-c2cnc(C(F)(F)F)nc2)ncc1F. The molecule has 2 aromatic rings. The molecule has 0 aliphatic carbocycles. The number of nitrogens with zero attached hydrogens (tertiary/aromatic N) is 3. The van der Waals surface area contributed by atoms with Crippen LogP contribution >= 0.6 is 0 Å². The predicted molar refractivity (Wildman–Crippen MR) is 56.1 cm³/mol. The average Bonchev–Trinajstić information content (AvgIpc) is 2.38. The summed E-state index contributed by atoms with van der Waals surface area (Å²) >= 11 is 0. The lowest BCUT2D eigenvalue weighted by molar-refractivity contribution is -0.144. The van der Waals surface area contributed by atoms with Gasteiger partial charge in [-0.3, -0.25) is 4.98 Å². The Morgan fingerprint density at radius 3 is 2.21 bits per heavy atom. The molecule has 0 saturated carbocycles. The molecule has 0 fully saturated rings. The van der Waals surface area contributed by atoms with Crippen molar-refractivity contribution in [3.8, 4) is 11.3 Å². The number of aliphatic hydroxyl groups is 1. The van der Waals surface area contributed by atoms with Gasteiger partial charge in [0.1, 0.15) is 5.82 Å². The van der Waals surface area contributed by atoms with Gasteiger partial charge in [0.2, 0.25) is 5.82 Å². The summed E-state index contributed by atoms with van der Waals surface area (Å²) in [7, 11) is 0. The van der Waals surface area contributed by atoms with Crippen molar-refractivity contribution in [2.24, 2.45) is 0 Å². The van der Waals surface area contributed by atoms with Gasteiger partial charge >= 0.3 is 6.18 Å². The summed E-state index contributed by atoms with van der Waals surface area (Å²) in [5.41, 5.74) is 0.367.